The summed E-state index contributed by atoms with van der Waals surface area (Å²) in [7, 11) is 0. The van der Waals surface area contributed by atoms with Gasteiger partial charge in [0.2, 0.25) is 5.91 Å². The third-order valence-electron chi connectivity index (χ3n) is 3.89. The number of rotatable bonds is 7. The number of para-hydroxylation sites is 2. The minimum Gasteiger partial charge on any atom is -0.355 e. The van der Waals surface area contributed by atoms with Crippen LogP contribution >= 0.6 is 0 Å². The normalized spacial score (nSPS) is 14.0. The predicted molar refractivity (Wildman–Crippen MR) is 84.9 cm³/mol. The molecule has 2 atom stereocenters. The van der Waals surface area contributed by atoms with Gasteiger partial charge in [-0.1, -0.05) is 32.4 Å². The predicted octanol–water partition coefficient (Wildman–Crippen LogP) is 1.99. The van der Waals surface area contributed by atoms with Gasteiger partial charge < -0.3 is 16.0 Å². The molecule has 1 heterocycles. The molecule has 5 heteroatoms. The molecule has 4 N–H and O–H groups in total. The molecular formula is C16H24N4O. The standard InChI is InChI=1S/C16H24N4O/c1-3-11(2)15(17)16(21)18-10-6-9-14-19-12-7-4-5-8-13(12)20-14/h4-5,7-8,11,15H,3,6,9-10,17H2,1-2H3,(H,18,21)(H,19,20). The number of nitrogens with one attached hydrogen (secondary N) is 2. The number of fused-ring (bicyclic) bond motifs is 1. The molecule has 1 aromatic heterocycles. The third kappa shape index (κ3) is 4.04. The van der Waals surface area contributed by atoms with E-state index in [0.29, 0.717) is 6.54 Å². The van der Waals surface area contributed by atoms with Crippen LogP contribution in [0.4, 0.5) is 0 Å². The molecular weight excluding hydrogens is 264 g/mol. The summed E-state index contributed by atoms with van der Waals surface area (Å²) in [6, 6.07) is 7.55. The number of benzene rings is 1. The van der Waals surface area contributed by atoms with Gasteiger partial charge in [-0.05, 0) is 24.5 Å². The van der Waals surface area contributed by atoms with E-state index < -0.39 is 6.04 Å². The first-order chi connectivity index (χ1) is 10.1. The Balaban J connectivity index is 1.75. The van der Waals surface area contributed by atoms with E-state index in [0.717, 1.165) is 36.1 Å². The van der Waals surface area contributed by atoms with E-state index >= 15 is 0 Å². The minimum absolute atomic E-state index is 0.0612. The fraction of sp³-hybridized carbons (Fsp3) is 0.500. The highest BCUT2D eigenvalue weighted by Crippen LogP contribution is 2.11. The van der Waals surface area contributed by atoms with Gasteiger partial charge in [-0.25, -0.2) is 4.98 Å². The minimum atomic E-state index is -0.416. The summed E-state index contributed by atoms with van der Waals surface area (Å²) in [6.07, 6.45) is 2.57. The molecule has 2 unspecified atom stereocenters. The van der Waals surface area contributed by atoms with E-state index in [2.05, 4.69) is 15.3 Å². The lowest BCUT2D eigenvalue weighted by Crippen LogP contribution is -2.44. The zero-order chi connectivity index (χ0) is 15.2. The Morgan fingerprint density at radius 3 is 2.90 bits per heavy atom. The first kappa shape index (κ1) is 15.5. The molecule has 0 saturated carbocycles. The molecule has 0 radical (unpaired) electrons. The molecule has 21 heavy (non-hydrogen) atoms. The van der Waals surface area contributed by atoms with E-state index in [1.54, 1.807) is 0 Å². The lowest BCUT2D eigenvalue weighted by Gasteiger charge is -2.17. The second-order valence-corrected chi connectivity index (χ2v) is 5.51. The first-order valence-corrected chi connectivity index (χ1v) is 7.58. The Labute approximate surface area is 125 Å². The van der Waals surface area contributed by atoms with Gasteiger partial charge in [0, 0.05) is 13.0 Å². The van der Waals surface area contributed by atoms with Gasteiger partial charge >= 0.3 is 0 Å². The third-order valence-corrected chi connectivity index (χ3v) is 3.89. The topological polar surface area (TPSA) is 83.8 Å². The highest BCUT2D eigenvalue weighted by molar-refractivity contribution is 5.81. The van der Waals surface area contributed by atoms with Gasteiger partial charge in [0.25, 0.3) is 0 Å². The van der Waals surface area contributed by atoms with Crippen LogP contribution in [0.3, 0.4) is 0 Å². The molecule has 0 aliphatic rings. The molecule has 0 bridgehead atoms. The first-order valence-electron chi connectivity index (χ1n) is 7.58. The maximum absolute atomic E-state index is 11.8. The van der Waals surface area contributed by atoms with Gasteiger partial charge in [-0.2, -0.15) is 0 Å². The second kappa shape index (κ2) is 7.22. The molecule has 0 aliphatic carbocycles. The monoisotopic (exact) mass is 288 g/mol. The van der Waals surface area contributed by atoms with Crippen LogP contribution in [0, 0.1) is 5.92 Å². The van der Waals surface area contributed by atoms with Crippen LogP contribution in [-0.2, 0) is 11.2 Å². The molecule has 0 saturated heterocycles. The average molecular weight is 288 g/mol. The second-order valence-electron chi connectivity index (χ2n) is 5.51. The summed E-state index contributed by atoms with van der Waals surface area (Å²) in [5.74, 6) is 1.10. The molecule has 2 rings (SSSR count). The van der Waals surface area contributed by atoms with Crippen molar-refractivity contribution in [2.75, 3.05) is 6.54 Å². The molecule has 0 fully saturated rings. The summed E-state index contributed by atoms with van der Waals surface area (Å²) in [4.78, 5) is 19.6. The molecule has 0 aliphatic heterocycles. The van der Waals surface area contributed by atoms with Gasteiger partial charge in [-0.3, -0.25) is 4.79 Å². The van der Waals surface area contributed by atoms with E-state index in [1.165, 1.54) is 0 Å². The Hall–Kier alpha value is -1.88. The number of amides is 1. The number of carbonyl (C=O) groups excluding carboxylic acids is 1. The van der Waals surface area contributed by atoms with Crippen molar-refractivity contribution in [3.63, 3.8) is 0 Å². The van der Waals surface area contributed by atoms with Crippen molar-refractivity contribution in [1.82, 2.24) is 15.3 Å². The molecule has 0 spiro atoms. The number of hydrogen-bond acceptors (Lipinski definition) is 3. The number of aryl methyl sites for hydroxylation is 1. The number of nitrogens with two attached hydrogens (primary N) is 1. The summed E-state index contributed by atoms with van der Waals surface area (Å²) in [6.45, 7) is 4.66. The SMILES string of the molecule is CCC(C)C(N)C(=O)NCCCc1nc2ccccc2[nH]1. The number of carbonyl (C=O) groups is 1. The zero-order valence-electron chi connectivity index (χ0n) is 12.7. The van der Waals surface area contributed by atoms with E-state index in [-0.39, 0.29) is 11.8 Å². The summed E-state index contributed by atoms with van der Waals surface area (Å²) in [5.41, 5.74) is 7.92. The largest absolute Gasteiger partial charge is 0.355 e. The molecule has 1 aromatic carbocycles. The van der Waals surface area contributed by atoms with Gasteiger partial charge in [0.15, 0.2) is 0 Å². The van der Waals surface area contributed by atoms with Crippen LogP contribution in [0.1, 0.15) is 32.5 Å². The number of nitrogens with zero attached hydrogens (tertiary/aromatic N) is 1. The van der Waals surface area contributed by atoms with Crippen molar-refractivity contribution in [3.8, 4) is 0 Å². The fourth-order valence-corrected chi connectivity index (χ4v) is 2.22. The lowest BCUT2D eigenvalue weighted by atomic mass is 9.99. The van der Waals surface area contributed by atoms with Crippen molar-refractivity contribution in [2.24, 2.45) is 11.7 Å². The summed E-state index contributed by atoms with van der Waals surface area (Å²) >= 11 is 0. The quantitative estimate of drug-likeness (QED) is 0.681. The molecule has 114 valence electrons. The van der Waals surface area contributed by atoms with Crippen LogP contribution < -0.4 is 11.1 Å². The Morgan fingerprint density at radius 2 is 2.19 bits per heavy atom. The smallest absolute Gasteiger partial charge is 0.237 e. The highest BCUT2D eigenvalue weighted by atomic mass is 16.2. The summed E-state index contributed by atoms with van der Waals surface area (Å²) in [5, 5.41) is 2.90. The van der Waals surface area contributed by atoms with Gasteiger partial charge in [0.1, 0.15) is 5.82 Å². The molecule has 2 aromatic rings. The van der Waals surface area contributed by atoms with E-state index in [9.17, 15) is 4.79 Å². The van der Waals surface area contributed by atoms with Crippen molar-refractivity contribution in [2.45, 2.75) is 39.2 Å². The van der Waals surface area contributed by atoms with Crippen LogP contribution in [0.5, 0.6) is 0 Å². The number of aromatic amines is 1. The fourth-order valence-electron chi connectivity index (χ4n) is 2.22. The van der Waals surface area contributed by atoms with Gasteiger partial charge in [-0.15, -0.1) is 0 Å². The van der Waals surface area contributed by atoms with Crippen molar-refractivity contribution in [3.05, 3.63) is 30.1 Å². The van der Waals surface area contributed by atoms with Crippen molar-refractivity contribution >= 4 is 16.9 Å². The number of H-pyrrole nitrogens is 1. The van der Waals surface area contributed by atoms with Crippen molar-refractivity contribution < 1.29 is 4.79 Å². The van der Waals surface area contributed by atoms with Crippen molar-refractivity contribution in [1.29, 1.82) is 0 Å². The molecule has 5 nitrogen and oxygen atoms in total. The van der Waals surface area contributed by atoms with Crippen LogP contribution in [0.25, 0.3) is 11.0 Å². The Kier molecular flexibility index (Phi) is 5.33. The number of imidazole rings is 1. The van der Waals surface area contributed by atoms with E-state index in [1.807, 2.05) is 38.1 Å². The summed E-state index contributed by atoms with van der Waals surface area (Å²) < 4.78 is 0. The van der Waals surface area contributed by atoms with Crippen LogP contribution in [0.15, 0.2) is 24.3 Å². The average Bonchev–Trinajstić information content (AvgIpc) is 2.92. The Morgan fingerprint density at radius 1 is 1.43 bits per heavy atom. The van der Waals surface area contributed by atoms with E-state index in [4.69, 9.17) is 5.73 Å². The lowest BCUT2D eigenvalue weighted by molar-refractivity contribution is -0.123. The highest BCUT2D eigenvalue weighted by Gasteiger charge is 2.18. The maximum atomic E-state index is 11.8. The molecule has 1 amide bonds. The van der Waals surface area contributed by atoms with Crippen LogP contribution in [0.2, 0.25) is 0 Å². The zero-order valence-corrected chi connectivity index (χ0v) is 12.7. The van der Waals surface area contributed by atoms with Gasteiger partial charge in [0.05, 0.1) is 17.1 Å². The Bertz CT molecular complexity index is 560. The number of hydrogen-bond donors (Lipinski definition) is 3. The number of aromatic nitrogens is 2. The maximum Gasteiger partial charge on any atom is 0.237 e. The van der Waals surface area contributed by atoms with Crippen LogP contribution in [-0.4, -0.2) is 28.5 Å².